The molecule has 0 radical (unpaired) electrons. The van der Waals surface area contributed by atoms with Crippen molar-refractivity contribution < 1.29 is 4.79 Å². The number of nitrogens with zero attached hydrogens (tertiary/aromatic N) is 1. The van der Waals surface area contributed by atoms with Crippen LogP contribution in [0.1, 0.15) is 52.2 Å². The Kier molecular flexibility index (Phi) is 5.33. The molecule has 1 aromatic rings. The van der Waals surface area contributed by atoms with Gasteiger partial charge < -0.3 is 11.1 Å². The molecule has 0 aliphatic rings. The normalized spacial score (nSPS) is 15.2. The minimum Gasteiger partial charge on any atom is -0.349 e. The second kappa shape index (κ2) is 6.22. The van der Waals surface area contributed by atoms with Crippen molar-refractivity contribution >= 4 is 17.2 Å². The van der Waals surface area contributed by atoms with Gasteiger partial charge in [-0.15, -0.1) is 11.3 Å². The molecule has 0 saturated heterocycles. The highest BCUT2D eigenvalue weighted by Crippen LogP contribution is 2.25. The minimum atomic E-state index is -0.361. The predicted molar refractivity (Wildman–Crippen MR) is 85.0 cm³/mol. The van der Waals surface area contributed by atoms with E-state index in [-0.39, 0.29) is 22.8 Å². The molecule has 1 amide bonds. The van der Waals surface area contributed by atoms with E-state index in [0.717, 1.165) is 10.7 Å². The van der Waals surface area contributed by atoms with Gasteiger partial charge in [-0.3, -0.25) is 4.79 Å². The summed E-state index contributed by atoms with van der Waals surface area (Å²) in [5, 5.41) is 6.07. The molecule has 4 nitrogen and oxygen atoms in total. The third-order valence-electron chi connectivity index (χ3n) is 3.66. The molecule has 0 bridgehead atoms. The monoisotopic (exact) mass is 297 g/mol. The molecule has 1 atom stereocenters. The van der Waals surface area contributed by atoms with Gasteiger partial charge in [0.2, 0.25) is 5.91 Å². The summed E-state index contributed by atoms with van der Waals surface area (Å²) >= 11 is 1.61. The van der Waals surface area contributed by atoms with Gasteiger partial charge in [0, 0.05) is 17.3 Å². The Hall–Kier alpha value is -0.940. The van der Waals surface area contributed by atoms with Crippen molar-refractivity contribution in [2.45, 2.75) is 58.9 Å². The maximum Gasteiger partial charge on any atom is 0.226 e. The first-order valence-corrected chi connectivity index (χ1v) is 7.92. The first-order valence-electron chi connectivity index (χ1n) is 7.04. The van der Waals surface area contributed by atoms with Crippen LogP contribution in [0.5, 0.6) is 0 Å². The second-order valence-corrected chi connectivity index (χ2v) is 7.75. The van der Waals surface area contributed by atoms with Crippen LogP contribution in [-0.4, -0.2) is 23.0 Å². The Morgan fingerprint density at radius 3 is 2.40 bits per heavy atom. The molecular weight excluding hydrogens is 270 g/mol. The number of rotatable bonds is 5. The summed E-state index contributed by atoms with van der Waals surface area (Å²) in [7, 11) is 0. The summed E-state index contributed by atoms with van der Waals surface area (Å²) in [5.41, 5.74) is 6.29. The molecule has 1 rings (SSSR count). The lowest BCUT2D eigenvalue weighted by Crippen LogP contribution is -2.55. The number of nitrogens with two attached hydrogens (primary N) is 1. The summed E-state index contributed by atoms with van der Waals surface area (Å²) in [6.45, 7) is 12.9. The molecule has 0 aliphatic heterocycles. The van der Waals surface area contributed by atoms with Gasteiger partial charge in [-0.1, -0.05) is 34.6 Å². The van der Waals surface area contributed by atoms with Gasteiger partial charge in [0.15, 0.2) is 0 Å². The van der Waals surface area contributed by atoms with Crippen molar-refractivity contribution in [3.05, 3.63) is 16.1 Å². The van der Waals surface area contributed by atoms with Gasteiger partial charge in [-0.05, 0) is 12.8 Å². The van der Waals surface area contributed by atoms with Crippen LogP contribution in [0.15, 0.2) is 5.38 Å². The number of aromatic nitrogens is 1. The lowest BCUT2D eigenvalue weighted by molar-refractivity contribution is -0.122. The van der Waals surface area contributed by atoms with Gasteiger partial charge in [-0.2, -0.15) is 0 Å². The largest absolute Gasteiger partial charge is 0.349 e. The molecule has 1 unspecified atom stereocenters. The van der Waals surface area contributed by atoms with E-state index in [9.17, 15) is 4.79 Å². The number of carbonyl (C=O) groups is 1. The fourth-order valence-corrected chi connectivity index (χ4v) is 2.60. The smallest absolute Gasteiger partial charge is 0.226 e. The molecule has 114 valence electrons. The van der Waals surface area contributed by atoms with Crippen LogP contribution in [0, 0.1) is 5.92 Å². The van der Waals surface area contributed by atoms with Gasteiger partial charge >= 0.3 is 0 Å². The summed E-state index contributed by atoms with van der Waals surface area (Å²) < 4.78 is 0. The molecule has 0 aliphatic carbocycles. The molecule has 1 aromatic heterocycles. The van der Waals surface area contributed by atoms with Crippen LogP contribution in [0.2, 0.25) is 0 Å². The average Bonchev–Trinajstić information content (AvgIpc) is 2.76. The Balaban J connectivity index is 2.70. The fraction of sp³-hybridized carbons (Fsp3) is 0.733. The summed E-state index contributed by atoms with van der Waals surface area (Å²) in [6.07, 6.45) is 0.314. The minimum absolute atomic E-state index is 0.0163. The van der Waals surface area contributed by atoms with E-state index in [2.05, 4.69) is 44.9 Å². The topological polar surface area (TPSA) is 68.0 Å². The SMILES string of the molecule is CC(C)C(C)(CN)NC(=O)Cc1csc(C(C)(C)C)n1. The predicted octanol–water partition coefficient (Wildman–Crippen LogP) is 2.47. The first-order chi connectivity index (χ1) is 9.08. The highest BCUT2D eigenvalue weighted by Gasteiger charge is 2.28. The highest BCUT2D eigenvalue weighted by atomic mass is 32.1. The first kappa shape index (κ1) is 17.1. The molecule has 5 heteroatoms. The molecule has 0 fully saturated rings. The average molecular weight is 297 g/mol. The number of thiazole rings is 1. The number of hydrogen-bond acceptors (Lipinski definition) is 4. The van der Waals surface area contributed by atoms with Crippen molar-refractivity contribution in [3.8, 4) is 0 Å². The molecule has 3 N–H and O–H groups in total. The van der Waals surface area contributed by atoms with E-state index in [1.807, 2.05) is 12.3 Å². The van der Waals surface area contributed by atoms with Crippen LogP contribution in [0.25, 0.3) is 0 Å². The van der Waals surface area contributed by atoms with Crippen molar-refractivity contribution in [2.75, 3.05) is 6.54 Å². The molecular formula is C15H27N3OS. The van der Waals surface area contributed by atoms with Crippen LogP contribution in [-0.2, 0) is 16.6 Å². The van der Waals surface area contributed by atoms with Crippen molar-refractivity contribution in [2.24, 2.45) is 11.7 Å². The van der Waals surface area contributed by atoms with Gasteiger partial charge in [0.1, 0.15) is 0 Å². The van der Waals surface area contributed by atoms with E-state index in [4.69, 9.17) is 5.73 Å². The van der Waals surface area contributed by atoms with Gasteiger partial charge in [0.05, 0.1) is 22.7 Å². The standard InChI is InChI=1S/C15H27N3OS/c1-10(2)15(6,9-16)18-12(19)7-11-8-20-13(17-11)14(3,4)5/h8,10H,7,9,16H2,1-6H3,(H,18,19). The van der Waals surface area contributed by atoms with Crippen molar-refractivity contribution in [1.29, 1.82) is 0 Å². The number of amides is 1. The number of carbonyl (C=O) groups excluding carboxylic acids is 1. The van der Waals surface area contributed by atoms with E-state index in [1.54, 1.807) is 11.3 Å². The second-order valence-electron chi connectivity index (χ2n) is 6.90. The van der Waals surface area contributed by atoms with Crippen LogP contribution < -0.4 is 11.1 Å². The Bertz CT molecular complexity index is 462. The van der Waals surface area contributed by atoms with Crippen LogP contribution >= 0.6 is 11.3 Å². The van der Waals surface area contributed by atoms with Crippen LogP contribution in [0.3, 0.4) is 0 Å². The quantitative estimate of drug-likeness (QED) is 0.877. The maximum atomic E-state index is 12.1. The summed E-state index contributed by atoms with van der Waals surface area (Å²) in [6, 6.07) is 0. The Morgan fingerprint density at radius 1 is 1.40 bits per heavy atom. The maximum absolute atomic E-state index is 12.1. The lowest BCUT2D eigenvalue weighted by atomic mass is 9.88. The zero-order chi connectivity index (χ0) is 15.6. The third kappa shape index (κ3) is 4.28. The summed E-state index contributed by atoms with van der Waals surface area (Å²) in [5.74, 6) is 0.273. The Labute approximate surface area is 126 Å². The van der Waals surface area contributed by atoms with Crippen LogP contribution in [0.4, 0.5) is 0 Å². The van der Waals surface area contributed by atoms with Gasteiger partial charge in [-0.25, -0.2) is 4.98 Å². The third-order valence-corrected chi connectivity index (χ3v) is 4.98. The van der Waals surface area contributed by atoms with Crippen molar-refractivity contribution in [3.63, 3.8) is 0 Å². The molecule has 0 spiro atoms. The van der Waals surface area contributed by atoms with Gasteiger partial charge in [0.25, 0.3) is 0 Å². The fourth-order valence-electron chi connectivity index (χ4n) is 1.69. The molecule has 20 heavy (non-hydrogen) atoms. The Morgan fingerprint density at radius 2 is 2.00 bits per heavy atom. The van der Waals surface area contributed by atoms with E-state index in [0.29, 0.717) is 13.0 Å². The van der Waals surface area contributed by atoms with E-state index >= 15 is 0 Å². The molecule has 1 heterocycles. The van der Waals surface area contributed by atoms with E-state index in [1.165, 1.54) is 0 Å². The molecule has 0 aromatic carbocycles. The lowest BCUT2D eigenvalue weighted by Gasteiger charge is -2.33. The molecule has 0 saturated carbocycles. The number of hydrogen-bond donors (Lipinski definition) is 2. The van der Waals surface area contributed by atoms with E-state index < -0.39 is 0 Å². The summed E-state index contributed by atoms with van der Waals surface area (Å²) in [4.78, 5) is 16.7. The number of nitrogens with one attached hydrogen (secondary N) is 1. The highest BCUT2D eigenvalue weighted by molar-refractivity contribution is 7.09. The van der Waals surface area contributed by atoms with Crippen molar-refractivity contribution in [1.82, 2.24) is 10.3 Å². The zero-order valence-corrected chi connectivity index (χ0v) is 14.2. The zero-order valence-electron chi connectivity index (χ0n) is 13.4.